The number of rotatable bonds is 2. The Morgan fingerprint density at radius 2 is 0.696 bits per heavy atom. The van der Waals surface area contributed by atoms with E-state index in [1.807, 2.05) is 0 Å². The van der Waals surface area contributed by atoms with E-state index < -0.39 is 0 Å². The van der Waals surface area contributed by atoms with Gasteiger partial charge in [-0.15, -0.1) is 0 Å². The first-order valence-electron chi connectivity index (χ1n) is 16.1. The molecule has 0 saturated heterocycles. The first-order valence-corrected chi connectivity index (χ1v) is 16.1. The average molecular weight is 579 g/mol. The molecule has 0 heteroatoms. The molecule has 210 valence electrons. The molecule has 0 radical (unpaired) electrons. The number of hydrogen-bond acceptors (Lipinski definition) is 0. The fourth-order valence-corrected chi connectivity index (χ4v) is 8.51. The minimum Gasteiger partial charge on any atom is -0.0616 e. The molecule has 0 saturated carbocycles. The quantitative estimate of drug-likeness (QED) is 0.191. The summed E-state index contributed by atoms with van der Waals surface area (Å²) in [6, 6.07) is 54.5. The maximum absolute atomic E-state index is 2.45. The monoisotopic (exact) mass is 578 g/mol. The topological polar surface area (TPSA) is 0 Å². The van der Waals surface area contributed by atoms with Gasteiger partial charge in [0.05, 0.1) is 0 Å². The molecule has 46 heavy (non-hydrogen) atoms. The second-order valence-electron chi connectivity index (χ2n) is 12.8. The first-order chi connectivity index (χ1) is 22.8. The Bertz CT molecular complexity index is 2760. The number of hydrogen-bond donors (Lipinski definition) is 0. The van der Waals surface area contributed by atoms with Gasteiger partial charge in [-0.25, -0.2) is 0 Å². The molecule has 0 atom stereocenters. The summed E-state index contributed by atoms with van der Waals surface area (Å²) in [4.78, 5) is 0. The predicted octanol–water partition coefficient (Wildman–Crippen LogP) is 12.0. The van der Waals surface area contributed by atoms with Gasteiger partial charge in [-0.2, -0.15) is 0 Å². The van der Waals surface area contributed by atoms with Crippen LogP contribution in [0.2, 0.25) is 0 Å². The van der Waals surface area contributed by atoms with Gasteiger partial charge in [-0.3, -0.25) is 0 Å². The van der Waals surface area contributed by atoms with E-state index in [2.05, 4.69) is 158 Å². The van der Waals surface area contributed by atoms with Crippen LogP contribution in [-0.4, -0.2) is 0 Å². The molecule has 0 unspecified atom stereocenters. The van der Waals surface area contributed by atoms with Crippen LogP contribution in [0, 0.1) is 0 Å². The molecule has 8 aromatic rings. The smallest absolute Gasteiger partial charge is 0.000718 e. The van der Waals surface area contributed by atoms with Crippen molar-refractivity contribution in [1.29, 1.82) is 0 Å². The molecule has 0 N–H and O–H groups in total. The highest BCUT2D eigenvalue weighted by molar-refractivity contribution is 6.38. The Labute approximate surface area is 266 Å². The second-order valence-corrected chi connectivity index (χ2v) is 12.8. The highest BCUT2D eigenvalue weighted by atomic mass is 14.4. The molecule has 0 amide bonds. The lowest BCUT2D eigenvalue weighted by Crippen LogP contribution is -1.95. The minimum absolute atomic E-state index is 1.27. The van der Waals surface area contributed by atoms with Crippen molar-refractivity contribution in [3.8, 4) is 0 Å². The summed E-state index contributed by atoms with van der Waals surface area (Å²) in [7, 11) is 0. The van der Waals surface area contributed by atoms with Crippen molar-refractivity contribution in [2.75, 3.05) is 0 Å². The first kappa shape index (κ1) is 24.4. The van der Waals surface area contributed by atoms with E-state index in [-0.39, 0.29) is 0 Å². The van der Waals surface area contributed by atoms with Crippen molar-refractivity contribution in [2.24, 2.45) is 0 Å². The predicted molar refractivity (Wildman–Crippen MR) is 197 cm³/mol. The Balaban J connectivity index is 1.36. The summed E-state index contributed by atoms with van der Waals surface area (Å²) in [5, 5.41) is 10.3. The maximum Gasteiger partial charge on any atom is -0.000718 e. The Kier molecular flexibility index (Phi) is 4.66. The van der Waals surface area contributed by atoms with E-state index >= 15 is 0 Å². The SMILES string of the molecule is C1=Cc2ccc(C3=C4C(=C(c5cccc6ccccc56)c5cc6ccccc6cc54)c4cc5ccccc5cc43)c3cccc1c23. The van der Waals surface area contributed by atoms with E-state index in [4.69, 9.17) is 0 Å². The third-order valence-corrected chi connectivity index (χ3v) is 10.5. The van der Waals surface area contributed by atoms with Crippen LogP contribution in [0.5, 0.6) is 0 Å². The molecule has 0 nitrogen and oxygen atoms in total. The zero-order chi connectivity index (χ0) is 29.9. The molecule has 0 bridgehead atoms. The van der Waals surface area contributed by atoms with Gasteiger partial charge in [0, 0.05) is 0 Å². The minimum atomic E-state index is 1.27. The summed E-state index contributed by atoms with van der Waals surface area (Å²) >= 11 is 0. The van der Waals surface area contributed by atoms with Crippen molar-refractivity contribution >= 4 is 77.5 Å². The molecular weight excluding hydrogens is 553 g/mol. The normalized spacial score (nSPS) is 14.3. The lowest BCUT2D eigenvalue weighted by molar-refractivity contribution is 1.57. The van der Waals surface area contributed by atoms with Gasteiger partial charge in [0.15, 0.2) is 0 Å². The Morgan fingerprint density at radius 1 is 0.261 bits per heavy atom. The van der Waals surface area contributed by atoms with Gasteiger partial charge in [0.2, 0.25) is 0 Å². The zero-order valence-electron chi connectivity index (χ0n) is 25.0. The highest BCUT2D eigenvalue weighted by Gasteiger charge is 2.39. The summed E-state index contributed by atoms with van der Waals surface area (Å²) in [5.41, 5.74) is 15.9. The van der Waals surface area contributed by atoms with Gasteiger partial charge in [-0.05, 0) is 134 Å². The van der Waals surface area contributed by atoms with Crippen molar-refractivity contribution in [2.45, 2.75) is 0 Å². The number of allylic oxidation sites excluding steroid dienone is 2. The largest absolute Gasteiger partial charge is 0.0616 e. The zero-order valence-corrected chi connectivity index (χ0v) is 25.0. The van der Waals surface area contributed by atoms with E-state index in [1.54, 1.807) is 0 Å². The van der Waals surface area contributed by atoms with Crippen molar-refractivity contribution in [3.05, 3.63) is 190 Å². The molecule has 0 spiro atoms. The van der Waals surface area contributed by atoms with Crippen LogP contribution in [0.1, 0.15) is 44.5 Å². The summed E-state index contributed by atoms with van der Waals surface area (Å²) in [5.74, 6) is 0. The van der Waals surface area contributed by atoms with Crippen LogP contribution in [0.25, 0.3) is 77.5 Å². The Morgan fingerprint density at radius 3 is 1.30 bits per heavy atom. The van der Waals surface area contributed by atoms with Gasteiger partial charge in [0.1, 0.15) is 0 Å². The van der Waals surface area contributed by atoms with E-state index in [0.29, 0.717) is 0 Å². The van der Waals surface area contributed by atoms with Gasteiger partial charge >= 0.3 is 0 Å². The fourth-order valence-electron chi connectivity index (χ4n) is 8.51. The molecule has 0 aromatic heterocycles. The number of fused-ring (bicyclic) bond motifs is 8. The molecule has 3 aliphatic rings. The molecule has 8 aromatic carbocycles. The summed E-state index contributed by atoms with van der Waals surface area (Å²) < 4.78 is 0. The van der Waals surface area contributed by atoms with Crippen molar-refractivity contribution in [3.63, 3.8) is 0 Å². The fraction of sp³-hybridized carbons (Fsp3) is 0. The van der Waals surface area contributed by atoms with E-state index in [9.17, 15) is 0 Å². The standard InChI is InChI=1S/C46H26/c1-3-12-32-25-40-38(23-30(32)10-1)43(35-17-7-14-27-9-5-6-16-34(27)35)45-41-26-33-13-4-2-11-31(33)24-39(41)44(46(40)45)37-22-21-29-20-19-28-15-8-18-36(37)42(28)29/h1-26H. The third-order valence-electron chi connectivity index (χ3n) is 10.5. The van der Waals surface area contributed by atoms with Gasteiger partial charge in [0.25, 0.3) is 0 Å². The molecule has 3 aliphatic carbocycles. The van der Waals surface area contributed by atoms with Crippen molar-refractivity contribution < 1.29 is 0 Å². The van der Waals surface area contributed by atoms with Crippen LogP contribution >= 0.6 is 0 Å². The van der Waals surface area contributed by atoms with Crippen LogP contribution in [-0.2, 0) is 0 Å². The van der Waals surface area contributed by atoms with Crippen LogP contribution in [0.3, 0.4) is 0 Å². The summed E-state index contributed by atoms with van der Waals surface area (Å²) in [6.45, 7) is 0. The molecule has 0 aliphatic heterocycles. The lowest BCUT2D eigenvalue weighted by atomic mass is 9.87. The lowest BCUT2D eigenvalue weighted by Gasteiger charge is -2.16. The molecular formula is C46H26. The second kappa shape index (κ2) is 8.81. The highest BCUT2D eigenvalue weighted by Crippen LogP contribution is 2.60. The van der Waals surface area contributed by atoms with Gasteiger partial charge in [-0.1, -0.05) is 133 Å². The van der Waals surface area contributed by atoms with E-state index in [0.717, 1.165) is 0 Å². The van der Waals surface area contributed by atoms with E-state index in [1.165, 1.54) is 110 Å². The van der Waals surface area contributed by atoms with Crippen LogP contribution in [0.4, 0.5) is 0 Å². The number of benzene rings is 8. The van der Waals surface area contributed by atoms with Crippen LogP contribution < -0.4 is 0 Å². The molecule has 0 fully saturated rings. The van der Waals surface area contributed by atoms with Crippen LogP contribution in [0.15, 0.2) is 146 Å². The molecule has 11 rings (SSSR count). The van der Waals surface area contributed by atoms with Gasteiger partial charge < -0.3 is 0 Å². The maximum atomic E-state index is 2.45. The molecule has 0 heterocycles. The third kappa shape index (κ3) is 3.13. The Hall–Kier alpha value is -5.98. The summed E-state index contributed by atoms with van der Waals surface area (Å²) in [6.07, 6.45) is 4.52. The van der Waals surface area contributed by atoms with Crippen molar-refractivity contribution in [1.82, 2.24) is 0 Å². The average Bonchev–Trinajstić information content (AvgIpc) is 3.77.